The van der Waals surface area contributed by atoms with Crippen LogP contribution in [0.3, 0.4) is 0 Å². The van der Waals surface area contributed by atoms with Crippen molar-refractivity contribution in [3.05, 3.63) is 23.4 Å². The van der Waals surface area contributed by atoms with Crippen molar-refractivity contribution in [2.24, 2.45) is 11.8 Å². The number of carbonyl (C=O) groups is 2. The quantitative estimate of drug-likeness (QED) is 0.623. The summed E-state index contributed by atoms with van der Waals surface area (Å²) in [5, 5.41) is 20.4. The second-order valence-corrected chi connectivity index (χ2v) is 10.5. The molecule has 0 bridgehead atoms. The average molecular weight is 484 g/mol. The van der Waals surface area contributed by atoms with Gasteiger partial charge in [-0.15, -0.1) is 0 Å². The maximum Gasteiger partial charge on any atom is 0.259 e. The van der Waals surface area contributed by atoms with E-state index in [1.54, 1.807) is 36.0 Å². The van der Waals surface area contributed by atoms with Crippen LogP contribution < -0.4 is 4.74 Å². The molecule has 3 aliphatic rings. The van der Waals surface area contributed by atoms with E-state index in [2.05, 4.69) is 16.8 Å². The van der Waals surface area contributed by atoms with Crippen molar-refractivity contribution in [3.63, 3.8) is 0 Å². The van der Waals surface area contributed by atoms with Gasteiger partial charge in [-0.3, -0.25) is 9.59 Å². The van der Waals surface area contributed by atoms with E-state index in [-0.39, 0.29) is 53.8 Å². The number of aromatic nitrogens is 1. The maximum atomic E-state index is 13.5. The molecule has 1 aromatic heterocycles. The van der Waals surface area contributed by atoms with Crippen molar-refractivity contribution in [2.45, 2.75) is 76.5 Å². The molecule has 2 fully saturated rings. The largest absolute Gasteiger partial charge is 0.472 e. The fraction of sp³-hybridized carbons (Fsp3) is 0.667. The molecule has 2 aliphatic carbocycles. The number of amides is 2. The number of rotatable bonds is 5. The van der Waals surface area contributed by atoms with Crippen LogP contribution in [0.1, 0.15) is 74.7 Å². The zero-order valence-electron chi connectivity index (χ0n) is 21.0. The molecule has 1 aliphatic heterocycles. The molecule has 4 rings (SSSR count). The number of fused-ring (bicyclic) bond motifs is 1. The third-order valence-electron chi connectivity index (χ3n) is 7.68. The predicted molar refractivity (Wildman–Crippen MR) is 131 cm³/mol. The molecule has 0 radical (unpaired) electrons. The molecular formula is C27H37N3O5. The molecule has 3 atom stereocenters. The fourth-order valence-corrected chi connectivity index (χ4v) is 4.99. The van der Waals surface area contributed by atoms with Gasteiger partial charge in [0.05, 0.1) is 19.2 Å². The first-order valence-electron chi connectivity index (χ1n) is 12.8. The average Bonchev–Trinajstić information content (AvgIpc) is 3.25. The minimum absolute atomic E-state index is 0.0874. The van der Waals surface area contributed by atoms with E-state index < -0.39 is 5.60 Å². The summed E-state index contributed by atoms with van der Waals surface area (Å²) in [5.41, 5.74) is -0.180. The van der Waals surface area contributed by atoms with Gasteiger partial charge in [-0.1, -0.05) is 25.2 Å². The van der Waals surface area contributed by atoms with Gasteiger partial charge in [0.15, 0.2) is 0 Å². The minimum Gasteiger partial charge on any atom is -0.472 e. The highest BCUT2D eigenvalue weighted by Gasteiger charge is 2.36. The number of hydrogen-bond acceptors (Lipinski definition) is 6. The second-order valence-electron chi connectivity index (χ2n) is 10.5. The Labute approximate surface area is 207 Å². The van der Waals surface area contributed by atoms with E-state index in [1.807, 2.05) is 6.92 Å². The summed E-state index contributed by atoms with van der Waals surface area (Å²) in [7, 11) is 1.80. The van der Waals surface area contributed by atoms with Crippen LogP contribution in [0, 0.1) is 23.7 Å². The highest BCUT2D eigenvalue weighted by molar-refractivity contribution is 5.97. The van der Waals surface area contributed by atoms with Crippen LogP contribution in [0.4, 0.5) is 0 Å². The standard InChI is InChI=1S/C27H37N3O5/c1-18-15-30(19(2)17-31)26(33)22-13-20(9-12-27(34)10-4-5-11-27)14-28-24(22)35-23(18)16-29(3)25(32)21-7-6-8-21/h13-14,18-19,21,23,31,34H,4-8,10-11,15-17H2,1-3H3/t18-,19+,23+/m0/s1. The number of carbonyl (C=O) groups excluding carboxylic acids is 2. The van der Waals surface area contributed by atoms with Gasteiger partial charge in [0.1, 0.15) is 17.3 Å². The maximum absolute atomic E-state index is 13.5. The zero-order chi connectivity index (χ0) is 25.2. The lowest BCUT2D eigenvalue weighted by molar-refractivity contribution is -0.138. The molecule has 2 N–H and O–H groups in total. The number of likely N-dealkylation sites (N-methyl/N-ethyl adjacent to an activating group) is 1. The Bertz CT molecular complexity index is 1010. The predicted octanol–water partition coefficient (Wildman–Crippen LogP) is 2.22. The highest BCUT2D eigenvalue weighted by Crippen LogP contribution is 2.31. The van der Waals surface area contributed by atoms with E-state index >= 15 is 0 Å². The summed E-state index contributed by atoms with van der Waals surface area (Å²) < 4.78 is 6.27. The first-order valence-corrected chi connectivity index (χ1v) is 12.8. The van der Waals surface area contributed by atoms with Crippen LogP contribution >= 0.6 is 0 Å². The molecule has 8 nitrogen and oxygen atoms in total. The Morgan fingerprint density at radius 1 is 1.34 bits per heavy atom. The zero-order valence-corrected chi connectivity index (χ0v) is 21.0. The van der Waals surface area contributed by atoms with Gasteiger partial charge in [-0.05, 0) is 51.5 Å². The highest BCUT2D eigenvalue weighted by atomic mass is 16.5. The van der Waals surface area contributed by atoms with Crippen LogP contribution in [-0.4, -0.2) is 81.3 Å². The van der Waals surface area contributed by atoms with Crippen LogP contribution in [0.15, 0.2) is 12.3 Å². The SMILES string of the molecule is C[C@H](CO)N1C[C@H](C)[C@@H](CN(C)C(=O)C2CCC2)Oc2ncc(C#CC3(O)CCCC3)cc2C1=O. The van der Waals surface area contributed by atoms with Gasteiger partial charge in [-0.25, -0.2) is 4.98 Å². The second kappa shape index (κ2) is 10.5. The molecule has 190 valence electrons. The molecule has 2 heterocycles. The van der Waals surface area contributed by atoms with Gasteiger partial charge < -0.3 is 24.7 Å². The molecule has 0 unspecified atom stereocenters. The smallest absolute Gasteiger partial charge is 0.259 e. The molecular weight excluding hydrogens is 446 g/mol. The summed E-state index contributed by atoms with van der Waals surface area (Å²) >= 11 is 0. The Morgan fingerprint density at radius 3 is 2.69 bits per heavy atom. The molecule has 8 heteroatoms. The van der Waals surface area contributed by atoms with E-state index in [0.29, 0.717) is 31.5 Å². The monoisotopic (exact) mass is 483 g/mol. The number of aliphatic hydroxyl groups excluding tert-OH is 1. The molecule has 0 aromatic carbocycles. The normalized spacial score (nSPS) is 24.7. The molecule has 1 aromatic rings. The van der Waals surface area contributed by atoms with E-state index in [1.165, 1.54) is 0 Å². The summed E-state index contributed by atoms with van der Waals surface area (Å²) in [4.78, 5) is 34.1. The first kappa shape index (κ1) is 25.5. The molecule has 35 heavy (non-hydrogen) atoms. The van der Waals surface area contributed by atoms with Crippen molar-refractivity contribution in [2.75, 3.05) is 26.7 Å². The van der Waals surface area contributed by atoms with Crippen molar-refractivity contribution in [1.82, 2.24) is 14.8 Å². The Balaban J connectivity index is 1.63. The van der Waals surface area contributed by atoms with Crippen molar-refractivity contribution in [3.8, 4) is 17.7 Å². The van der Waals surface area contributed by atoms with E-state index in [0.717, 1.165) is 32.1 Å². The number of ether oxygens (including phenoxy) is 1. The van der Waals surface area contributed by atoms with E-state index in [4.69, 9.17) is 4.74 Å². The fourth-order valence-electron chi connectivity index (χ4n) is 4.99. The molecule has 0 spiro atoms. The van der Waals surface area contributed by atoms with Crippen LogP contribution in [0.5, 0.6) is 5.88 Å². The number of aliphatic hydroxyl groups is 2. The molecule has 2 saturated carbocycles. The minimum atomic E-state index is -0.986. The van der Waals surface area contributed by atoms with Crippen LogP contribution in [-0.2, 0) is 4.79 Å². The molecule has 2 amide bonds. The van der Waals surface area contributed by atoms with E-state index in [9.17, 15) is 19.8 Å². The van der Waals surface area contributed by atoms with Gasteiger partial charge in [-0.2, -0.15) is 0 Å². The number of hydrogen-bond donors (Lipinski definition) is 2. The molecule has 0 saturated heterocycles. The van der Waals surface area contributed by atoms with Crippen molar-refractivity contribution < 1.29 is 24.5 Å². The Morgan fingerprint density at radius 2 is 2.06 bits per heavy atom. The third-order valence-corrected chi connectivity index (χ3v) is 7.68. The van der Waals surface area contributed by atoms with Gasteiger partial charge >= 0.3 is 0 Å². The lowest BCUT2D eigenvalue weighted by atomic mass is 9.84. The van der Waals surface area contributed by atoms with Gasteiger partial charge in [0.25, 0.3) is 5.91 Å². The first-order chi connectivity index (χ1) is 16.7. The van der Waals surface area contributed by atoms with Gasteiger partial charge in [0, 0.05) is 37.2 Å². The van der Waals surface area contributed by atoms with Crippen molar-refractivity contribution >= 4 is 11.8 Å². The summed E-state index contributed by atoms with van der Waals surface area (Å²) in [6.07, 6.45) is 7.35. The lowest BCUT2D eigenvalue weighted by Crippen LogP contribution is -2.51. The summed E-state index contributed by atoms with van der Waals surface area (Å²) in [5.74, 6) is 6.02. The summed E-state index contributed by atoms with van der Waals surface area (Å²) in [6.45, 7) is 4.40. The third kappa shape index (κ3) is 5.62. The topological polar surface area (TPSA) is 103 Å². The van der Waals surface area contributed by atoms with Crippen LogP contribution in [0.25, 0.3) is 0 Å². The van der Waals surface area contributed by atoms with Crippen molar-refractivity contribution in [1.29, 1.82) is 0 Å². The van der Waals surface area contributed by atoms with Crippen LogP contribution in [0.2, 0.25) is 0 Å². The Kier molecular flexibility index (Phi) is 7.67. The Hall–Kier alpha value is -2.63. The lowest BCUT2D eigenvalue weighted by Gasteiger charge is -2.38. The number of nitrogens with zero attached hydrogens (tertiary/aromatic N) is 3. The number of pyridine rings is 1. The summed E-state index contributed by atoms with van der Waals surface area (Å²) in [6, 6.07) is 1.27. The van der Waals surface area contributed by atoms with Gasteiger partial charge in [0.2, 0.25) is 11.8 Å².